The smallest absolute Gasteiger partial charge is 0.349 e. The topological polar surface area (TPSA) is 123 Å². The Labute approximate surface area is 177 Å². The van der Waals surface area contributed by atoms with Crippen molar-refractivity contribution in [2.45, 2.75) is 19.6 Å². The van der Waals surface area contributed by atoms with Gasteiger partial charge in [0.15, 0.2) is 0 Å². The highest BCUT2D eigenvalue weighted by Gasteiger charge is 2.18. The zero-order valence-electron chi connectivity index (χ0n) is 16.6. The fourth-order valence-corrected chi connectivity index (χ4v) is 3.39. The summed E-state index contributed by atoms with van der Waals surface area (Å²) in [6.07, 6.45) is 3.43. The summed E-state index contributed by atoms with van der Waals surface area (Å²) in [5.41, 5.74) is 6.51. The molecule has 3 aromatic heterocycles. The first kappa shape index (κ1) is 20.2. The van der Waals surface area contributed by atoms with Crippen molar-refractivity contribution in [3.63, 3.8) is 0 Å². The van der Waals surface area contributed by atoms with Crippen LogP contribution in [-0.4, -0.2) is 25.9 Å². The van der Waals surface area contributed by atoms with Crippen LogP contribution in [0.1, 0.15) is 27.3 Å². The normalized spacial score (nSPS) is 11.1. The number of phenolic OH excluding ortho intramolecular Hbond substituents is 1. The van der Waals surface area contributed by atoms with E-state index in [2.05, 4.69) is 9.97 Å². The Morgan fingerprint density at radius 1 is 0.968 bits per heavy atom. The lowest BCUT2D eigenvalue weighted by molar-refractivity contribution is 0.0997. The van der Waals surface area contributed by atoms with Crippen LogP contribution in [0, 0.1) is 0 Å². The van der Waals surface area contributed by atoms with E-state index in [-0.39, 0.29) is 23.4 Å². The Bertz CT molecular complexity index is 1230. The van der Waals surface area contributed by atoms with Crippen molar-refractivity contribution in [3.05, 3.63) is 99.9 Å². The quantitative estimate of drug-likeness (QED) is 0.444. The third-order valence-corrected chi connectivity index (χ3v) is 4.85. The number of pyridine rings is 2. The van der Waals surface area contributed by atoms with Gasteiger partial charge in [-0.3, -0.25) is 19.7 Å². The summed E-state index contributed by atoms with van der Waals surface area (Å²) in [7, 11) is 0. The molecule has 8 nitrogen and oxygen atoms in total. The van der Waals surface area contributed by atoms with Gasteiger partial charge in [0.2, 0.25) is 0 Å². The van der Waals surface area contributed by atoms with E-state index in [4.69, 9.17) is 10.2 Å². The summed E-state index contributed by atoms with van der Waals surface area (Å²) in [6, 6.07) is 15.8. The number of fused-ring (bicyclic) bond motifs is 1. The Hall–Kier alpha value is -4.04. The number of nitrogens with two attached hydrogens (primary N) is 1. The summed E-state index contributed by atoms with van der Waals surface area (Å²) >= 11 is 0. The van der Waals surface area contributed by atoms with Crippen LogP contribution in [0.3, 0.4) is 0 Å². The summed E-state index contributed by atoms with van der Waals surface area (Å²) in [5.74, 6) is -0.883. The van der Waals surface area contributed by atoms with Crippen LogP contribution in [0.2, 0.25) is 0 Å². The first-order valence-corrected chi connectivity index (χ1v) is 9.62. The molecule has 0 radical (unpaired) electrons. The number of phenols is 1. The largest absolute Gasteiger partial charge is 0.507 e. The Kier molecular flexibility index (Phi) is 5.72. The highest BCUT2D eigenvalue weighted by Crippen LogP contribution is 2.29. The van der Waals surface area contributed by atoms with Gasteiger partial charge in [-0.05, 0) is 42.5 Å². The summed E-state index contributed by atoms with van der Waals surface area (Å²) in [6.45, 7) is 1.23. The molecule has 3 N–H and O–H groups in total. The predicted octanol–water partition coefficient (Wildman–Crippen LogP) is 2.59. The van der Waals surface area contributed by atoms with Crippen molar-refractivity contribution in [1.29, 1.82) is 0 Å². The summed E-state index contributed by atoms with van der Waals surface area (Å²) < 4.78 is 5.39. The first-order chi connectivity index (χ1) is 15.0. The number of primary amides is 1. The molecule has 1 aromatic carbocycles. The van der Waals surface area contributed by atoms with E-state index in [0.29, 0.717) is 24.0 Å². The van der Waals surface area contributed by atoms with Crippen molar-refractivity contribution in [1.82, 2.24) is 14.9 Å². The fraction of sp³-hybridized carbons (Fsp3) is 0.130. The molecule has 0 aliphatic heterocycles. The minimum atomic E-state index is -0.864. The second kappa shape index (κ2) is 8.76. The van der Waals surface area contributed by atoms with Crippen molar-refractivity contribution in [2.75, 3.05) is 0 Å². The van der Waals surface area contributed by atoms with E-state index in [0.717, 1.165) is 11.4 Å². The molecular formula is C23H20N4O4. The SMILES string of the molecule is NC(=O)c1cc2ccc(O)c(CN(Cc3ccccn3)Cc3ccccn3)c2oc1=O. The lowest BCUT2D eigenvalue weighted by Gasteiger charge is -2.22. The molecular weight excluding hydrogens is 396 g/mol. The standard InChI is InChI=1S/C23H20N4O4/c24-22(29)18-11-15-7-8-20(28)19(21(15)31-23(18)30)14-27(12-16-5-1-3-9-25-16)13-17-6-2-4-10-26-17/h1-11,28H,12-14H2,(H2,24,29). The number of rotatable bonds is 7. The monoisotopic (exact) mass is 416 g/mol. The van der Waals surface area contributed by atoms with Gasteiger partial charge in [0.1, 0.15) is 16.9 Å². The van der Waals surface area contributed by atoms with Gasteiger partial charge in [0.25, 0.3) is 5.91 Å². The van der Waals surface area contributed by atoms with Gasteiger partial charge in [0, 0.05) is 37.4 Å². The number of carbonyl (C=O) groups excluding carboxylic acids is 1. The van der Waals surface area contributed by atoms with Gasteiger partial charge in [-0.15, -0.1) is 0 Å². The minimum Gasteiger partial charge on any atom is -0.507 e. The van der Waals surface area contributed by atoms with Gasteiger partial charge in [0.05, 0.1) is 17.0 Å². The molecule has 0 fully saturated rings. The number of amides is 1. The fourth-order valence-electron chi connectivity index (χ4n) is 3.39. The molecule has 31 heavy (non-hydrogen) atoms. The Balaban J connectivity index is 1.74. The lowest BCUT2D eigenvalue weighted by atomic mass is 10.1. The Morgan fingerprint density at radius 3 is 2.16 bits per heavy atom. The summed E-state index contributed by atoms with van der Waals surface area (Å²) in [5, 5.41) is 11.0. The maximum absolute atomic E-state index is 12.2. The Morgan fingerprint density at radius 2 is 1.61 bits per heavy atom. The lowest BCUT2D eigenvalue weighted by Crippen LogP contribution is -2.24. The molecule has 4 rings (SSSR count). The highest BCUT2D eigenvalue weighted by molar-refractivity contribution is 5.96. The average molecular weight is 416 g/mol. The van der Waals surface area contributed by atoms with E-state index < -0.39 is 11.5 Å². The van der Waals surface area contributed by atoms with Gasteiger partial charge in [-0.2, -0.15) is 0 Å². The number of aromatic hydroxyl groups is 1. The molecule has 8 heteroatoms. The molecule has 0 saturated heterocycles. The molecule has 0 saturated carbocycles. The maximum atomic E-state index is 12.2. The van der Waals surface area contributed by atoms with Gasteiger partial charge < -0.3 is 15.3 Å². The molecule has 0 spiro atoms. The molecule has 1 amide bonds. The van der Waals surface area contributed by atoms with Crippen LogP contribution in [0.15, 0.2) is 76.2 Å². The zero-order chi connectivity index (χ0) is 21.8. The third-order valence-electron chi connectivity index (χ3n) is 4.85. The minimum absolute atomic E-state index is 0.0190. The van der Waals surface area contributed by atoms with Crippen LogP contribution >= 0.6 is 0 Å². The third kappa shape index (κ3) is 4.59. The van der Waals surface area contributed by atoms with Crippen molar-refractivity contribution in [2.24, 2.45) is 5.73 Å². The first-order valence-electron chi connectivity index (χ1n) is 9.62. The van der Waals surface area contributed by atoms with Crippen LogP contribution < -0.4 is 11.4 Å². The van der Waals surface area contributed by atoms with Crippen LogP contribution in [-0.2, 0) is 19.6 Å². The second-order valence-corrected chi connectivity index (χ2v) is 7.08. The summed E-state index contributed by atoms with van der Waals surface area (Å²) in [4.78, 5) is 34.5. The molecule has 156 valence electrons. The molecule has 0 aliphatic rings. The van der Waals surface area contributed by atoms with Gasteiger partial charge in [-0.1, -0.05) is 12.1 Å². The maximum Gasteiger partial charge on any atom is 0.349 e. The average Bonchev–Trinajstić information content (AvgIpc) is 2.77. The van der Waals surface area contributed by atoms with Crippen molar-refractivity contribution < 1.29 is 14.3 Å². The van der Waals surface area contributed by atoms with Crippen LogP contribution in [0.5, 0.6) is 5.75 Å². The van der Waals surface area contributed by atoms with E-state index in [1.54, 1.807) is 18.5 Å². The van der Waals surface area contributed by atoms with Gasteiger partial charge >= 0.3 is 5.63 Å². The van der Waals surface area contributed by atoms with Crippen LogP contribution in [0.4, 0.5) is 0 Å². The predicted molar refractivity (Wildman–Crippen MR) is 114 cm³/mol. The van der Waals surface area contributed by atoms with Crippen LogP contribution in [0.25, 0.3) is 11.0 Å². The van der Waals surface area contributed by atoms with Gasteiger partial charge in [-0.25, -0.2) is 4.79 Å². The highest BCUT2D eigenvalue weighted by atomic mass is 16.4. The number of carbonyl (C=O) groups is 1. The molecule has 0 bridgehead atoms. The number of nitrogens with zero attached hydrogens (tertiary/aromatic N) is 3. The van der Waals surface area contributed by atoms with Crippen molar-refractivity contribution >= 4 is 16.9 Å². The molecule has 0 unspecified atom stereocenters. The van der Waals surface area contributed by atoms with E-state index >= 15 is 0 Å². The number of hydrogen-bond donors (Lipinski definition) is 2. The molecule has 4 aromatic rings. The number of benzene rings is 1. The molecule has 3 heterocycles. The number of hydrogen-bond acceptors (Lipinski definition) is 7. The van der Waals surface area contributed by atoms with E-state index in [1.165, 1.54) is 12.1 Å². The molecule has 0 aliphatic carbocycles. The zero-order valence-corrected chi connectivity index (χ0v) is 16.6. The van der Waals surface area contributed by atoms with E-state index in [9.17, 15) is 14.7 Å². The second-order valence-electron chi connectivity index (χ2n) is 7.08. The molecule has 0 atom stereocenters. The number of aromatic nitrogens is 2. The van der Waals surface area contributed by atoms with E-state index in [1.807, 2.05) is 41.3 Å². The van der Waals surface area contributed by atoms with Crippen molar-refractivity contribution in [3.8, 4) is 5.75 Å².